The van der Waals surface area contributed by atoms with Crippen molar-refractivity contribution in [3.8, 4) is 0 Å². The highest BCUT2D eigenvalue weighted by atomic mass is 32.2. The molecule has 0 amide bonds. The molecule has 0 bridgehead atoms. The number of thioether (sulfide) groups is 1. The Balaban J connectivity index is 2.40. The lowest BCUT2D eigenvalue weighted by Gasteiger charge is -2.18. The van der Waals surface area contributed by atoms with E-state index in [0.29, 0.717) is 4.75 Å². The fraction of sp³-hybridized carbons (Fsp3) is 1.00. The zero-order valence-electron chi connectivity index (χ0n) is 5.31. The molecule has 0 aromatic carbocycles. The molecule has 1 atom stereocenters. The quantitative estimate of drug-likeness (QED) is 0.579. The van der Waals surface area contributed by atoms with Crippen molar-refractivity contribution < 1.29 is 0 Å². The minimum atomic E-state index is 0.431. The van der Waals surface area contributed by atoms with Crippen molar-refractivity contribution in [3.63, 3.8) is 0 Å². The summed E-state index contributed by atoms with van der Waals surface area (Å²) in [6.07, 6.45) is 2.67. The van der Waals surface area contributed by atoms with Gasteiger partial charge in [0.25, 0.3) is 0 Å². The maximum Gasteiger partial charge on any atom is 0.0254 e. The van der Waals surface area contributed by atoms with Crippen LogP contribution in [-0.4, -0.2) is 17.0 Å². The maximum absolute atomic E-state index is 5.55. The molecule has 0 aromatic heterocycles. The summed E-state index contributed by atoms with van der Waals surface area (Å²) in [5.74, 6) is 1.31. The van der Waals surface area contributed by atoms with Crippen LogP contribution in [0.5, 0.6) is 0 Å². The highest BCUT2D eigenvalue weighted by Crippen LogP contribution is 2.36. The normalized spacial score (nSPS) is 38.2. The van der Waals surface area contributed by atoms with Gasteiger partial charge in [0, 0.05) is 11.3 Å². The average molecular weight is 131 g/mol. The number of rotatable bonds is 1. The third kappa shape index (κ3) is 1.17. The standard InChI is InChI=1S/C6H13NS/c1-6(5-7)3-2-4-8-6/h2-5,7H2,1H3. The van der Waals surface area contributed by atoms with Gasteiger partial charge in [0.05, 0.1) is 0 Å². The molecule has 0 spiro atoms. The molecule has 1 fully saturated rings. The summed E-state index contributed by atoms with van der Waals surface area (Å²) in [5.41, 5.74) is 5.55. The Morgan fingerprint density at radius 2 is 2.50 bits per heavy atom. The molecule has 0 aliphatic carbocycles. The van der Waals surface area contributed by atoms with Crippen LogP contribution in [0.15, 0.2) is 0 Å². The van der Waals surface area contributed by atoms with Crippen LogP contribution in [0.4, 0.5) is 0 Å². The third-order valence-corrected chi connectivity index (χ3v) is 3.29. The summed E-state index contributed by atoms with van der Waals surface area (Å²) in [6.45, 7) is 3.10. The predicted molar refractivity (Wildman–Crippen MR) is 39.2 cm³/mol. The van der Waals surface area contributed by atoms with E-state index in [1.165, 1.54) is 18.6 Å². The fourth-order valence-corrected chi connectivity index (χ4v) is 2.19. The fourth-order valence-electron chi connectivity index (χ4n) is 0.998. The molecule has 1 nitrogen and oxygen atoms in total. The van der Waals surface area contributed by atoms with Gasteiger partial charge in [-0.2, -0.15) is 11.8 Å². The van der Waals surface area contributed by atoms with Crippen molar-refractivity contribution in [2.24, 2.45) is 5.73 Å². The van der Waals surface area contributed by atoms with Crippen molar-refractivity contribution in [1.29, 1.82) is 0 Å². The van der Waals surface area contributed by atoms with E-state index in [1.807, 2.05) is 11.8 Å². The summed E-state index contributed by atoms with van der Waals surface area (Å²) in [6, 6.07) is 0. The molecule has 1 rings (SSSR count). The minimum Gasteiger partial charge on any atom is -0.329 e. The van der Waals surface area contributed by atoms with Gasteiger partial charge in [-0.1, -0.05) is 0 Å². The zero-order chi connectivity index (χ0) is 6.04. The average Bonchev–Trinajstić information content (AvgIpc) is 2.17. The smallest absolute Gasteiger partial charge is 0.0254 e. The second-order valence-electron chi connectivity index (χ2n) is 2.61. The van der Waals surface area contributed by atoms with Crippen LogP contribution in [0.3, 0.4) is 0 Å². The van der Waals surface area contributed by atoms with Crippen LogP contribution >= 0.6 is 11.8 Å². The number of hydrogen-bond acceptors (Lipinski definition) is 2. The lowest BCUT2D eigenvalue weighted by molar-refractivity contribution is 0.618. The first-order valence-corrected chi connectivity index (χ1v) is 4.09. The van der Waals surface area contributed by atoms with E-state index in [2.05, 4.69) is 6.92 Å². The number of nitrogens with two attached hydrogens (primary N) is 1. The van der Waals surface area contributed by atoms with Crippen LogP contribution in [0.1, 0.15) is 19.8 Å². The SMILES string of the molecule is CC1(CN)CCCS1. The van der Waals surface area contributed by atoms with Crippen molar-refractivity contribution >= 4 is 11.8 Å². The van der Waals surface area contributed by atoms with E-state index in [1.54, 1.807) is 0 Å². The van der Waals surface area contributed by atoms with Gasteiger partial charge >= 0.3 is 0 Å². The summed E-state index contributed by atoms with van der Waals surface area (Å²) in [5, 5.41) is 0. The number of hydrogen-bond donors (Lipinski definition) is 1. The molecule has 2 N–H and O–H groups in total. The topological polar surface area (TPSA) is 26.0 Å². The molecule has 0 aromatic rings. The molecule has 1 aliphatic heterocycles. The molecule has 2 heteroatoms. The van der Waals surface area contributed by atoms with E-state index < -0.39 is 0 Å². The second-order valence-corrected chi connectivity index (χ2v) is 4.29. The first-order chi connectivity index (χ1) is 3.77. The first kappa shape index (κ1) is 6.43. The highest BCUT2D eigenvalue weighted by molar-refractivity contribution is 8.00. The lowest BCUT2D eigenvalue weighted by Crippen LogP contribution is -2.27. The predicted octanol–water partition coefficient (Wildman–Crippen LogP) is 1.23. The van der Waals surface area contributed by atoms with Gasteiger partial charge in [-0.25, -0.2) is 0 Å². The largest absolute Gasteiger partial charge is 0.329 e. The zero-order valence-corrected chi connectivity index (χ0v) is 6.13. The third-order valence-electron chi connectivity index (χ3n) is 1.73. The van der Waals surface area contributed by atoms with Crippen LogP contribution in [0, 0.1) is 0 Å². The van der Waals surface area contributed by atoms with Gasteiger partial charge in [0.2, 0.25) is 0 Å². The van der Waals surface area contributed by atoms with Crippen molar-refractivity contribution in [2.75, 3.05) is 12.3 Å². The van der Waals surface area contributed by atoms with Gasteiger partial charge in [-0.3, -0.25) is 0 Å². The Morgan fingerprint density at radius 3 is 2.75 bits per heavy atom. The Kier molecular flexibility index (Phi) is 1.83. The van der Waals surface area contributed by atoms with E-state index in [9.17, 15) is 0 Å². The van der Waals surface area contributed by atoms with E-state index in [0.717, 1.165) is 6.54 Å². The van der Waals surface area contributed by atoms with Crippen molar-refractivity contribution in [2.45, 2.75) is 24.5 Å². The van der Waals surface area contributed by atoms with Gasteiger partial charge in [-0.05, 0) is 25.5 Å². The van der Waals surface area contributed by atoms with E-state index in [4.69, 9.17) is 5.73 Å². The van der Waals surface area contributed by atoms with Crippen LogP contribution < -0.4 is 5.73 Å². The van der Waals surface area contributed by atoms with E-state index in [-0.39, 0.29) is 0 Å². The van der Waals surface area contributed by atoms with Crippen LogP contribution in [0.2, 0.25) is 0 Å². The second kappa shape index (κ2) is 2.28. The minimum absolute atomic E-state index is 0.431. The van der Waals surface area contributed by atoms with Crippen LogP contribution in [-0.2, 0) is 0 Å². The van der Waals surface area contributed by atoms with Gasteiger partial charge in [0.15, 0.2) is 0 Å². The molecule has 1 unspecified atom stereocenters. The van der Waals surface area contributed by atoms with Crippen LogP contribution in [0.25, 0.3) is 0 Å². The Bertz CT molecular complexity index is 76.6. The molecule has 0 saturated carbocycles. The van der Waals surface area contributed by atoms with Crippen molar-refractivity contribution in [1.82, 2.24) is 0 Å². The Hall–Kier alpha value is 0.310. The summed E-state index contributed by atoms with van der Waals surface area (Å²) in [4.78, 5) is 0. The first-order valence-electron chi connectivity index (χ1n) is 3.11. The lowest BCUT2D eigenvalue weighted by atomic mass is 10.1. The summed E-state index contributed by atoms with van der Waals surface area (Å²) >= 11 is 2.02. The summed E-state index contributed by atoms with van der Waals surface area (Å²) < 4.78 is 0.431. The maximum atomic E-state index is 5.55. The van der Waals surface area contributed by atoms with Gasteiger partial charge < -0.3 is 5.73 Å². The molecule has 1 heterocycles. The molecule has 8 heavy (non-hydrogen) atoms. The Labute approximate surface area is 55.0 Å². The molecular weight excluding hydrogens is 118 g/mol. The van der Waals surface area contributed by atoms with Gasteiger partial charge in [0.1, 0.15) is 0 Å². The monoisotopic (exact) mass is 131 g/mol. The molecule has 1 saturated heterocycles. The van der Waals surface area contributed by atoms with E-state index >= 15 is 0 Å². The summed E-state index contributed by atoms with van der Waals surface area (Å²) in [7, 11) is 0. The highest BCUT2D eigenvalue weighted by Gasteiger charge is 2.26. The molecule has 0 radical (unpaired) electrons. The molecule has 1 aliphatic rings. The molecule has 48 valence electrons. The Morgan fingerprint density at radius 1 is 1.75 bits per heavy atom. The van der Waals surface area contributed by atoms with Crippen molar-refractivity contribution in [3.05, 3.63) is 0 Å². The van der Waals surface area contributed by atoms with Gasteiger partial charge in [-0.15, -0.1) is 0 Å². The molecular formula is C6H13NS.